The zero-order chi connectivity index (χ0) is 29.4. The second-order valence-corrected chi connectivity index (χ2v) is 10.3. The molecule has 8 heteroatoms. The maximum atomic E-state index is 13.7. The van der Waals surface area contributed by atoms with Gasteiger partial charge in [0.05, 0.1) is 29.7 Å². The third kappa shape index (κ3) is 8.12. The minimum Gasteiger partial charge on any atom is -0.494 e. The average Bonchev–Trinajstić information content (AvgIpc) is 2.94. The molecule has 0 spiro atoms. The highest BCUT2D eigenvalue weighted by Crippen LogP contribution is 2.39. The Morgan fingerprint density at radius 3 is 2.10 bits per heavy atom. The molecule has 0 aliphatic heterocycles. The smallest absolute Gasteiger partial charge is 0.417 e. The van der Waals surface area contributed by atoms with Crippen molar-refractivity contribution in [3.8, 4) is 5.75 Å². The standard InChI is InChI=1S/C33H31ClF3NO3/c1-23(18-19-41-28-16-8-10-24(20-28)21-30(39)40)38(22-27-15-9-17-29(31(27)34)33(35,36)37)32(25-11-4-2-5-12-25)26-13-6-3-7-14-26/h2-17,20,23,32H,18-19,21-22H2,1H3,(H,39,40)/t23-/m1/s1. The molecule has 4 nitrogen and oxygen atoms in total. The molecule has 0 saturated carbocycles. The largest absolute Gasteiger partial charge is 0.494 e. The van der Waals surface area contributed by atoms with E-state index >= 15 is 0 Å². The molecule has 4 aromatic carbocycles. The number of nitrogens with zero attached hydrogens (tertiary/aromatic N) is 1. The number of benzene rings is 4. The highest BCUT2D eigenvalue weighted by Gasteiger charge is 2.35. The van der Waals surface area contributed by atoms with Crippen molar-refractivity contribution in [2.75, 3.05) is 6.61 Å². The van der Waals surface area contributed by atoms with Crippen LogP contribution in [0.15, 0.2) is 103 Å². The summed E-state index contributed by atoms with van der Waals surface area (Å²) in [4.78, 5) is 13.2. The van der Waals surface area contributed by atoms with Crippen molar-refractivity contribution in [3.63, 3.8) is 0 Å². The Morgan fingerprint density at radius 2 is 1.51 bits per heavy atom. The van der Waals surface area contributed by atoms with Crippen LogP contribution < -0.4 is 4.74 Å². The number of carboxylic acid groups (broad SMARTS) is 1. The number of aliphatic carboxylic acids is 1. The molecule has 1 N–H and O–H groups in total. The Hall–Kier alpha value is -3.81. The number of carbonyl (C=O) groups is 1. The first-order valence-corrected chi connectivity index (χ1v) is 13.6. The lowest BCUT2D eigenvalue weighted by Gasteiger charge is -2.38. The van der Waals surface area contributed by atoms with Gasteiger partial charge in [0.25, 0.3) is 0 Å². The molecular weight excluding hydrogens is 551 g/mol. The number of ether oxygens (including phenoxy) is 1. The highest BCUT2D eigenvalue weighted by atomic mass is 35.5. The molecule has 0 unspecified atom stereocenters. The highest BCUT2D eigenvalue weighted by molar-refractivity contribution is 6.32. The van der Waals surface area contributed by atoms with E-state index in [1.165, 1.54) is 6.07 Å². The number of alkyl halides is 3. The van der Waals surface area contributed by atoms with Crippen molar-refractivity contribution < 1.29 is 27.8 Å². The summed E-state index contributed by atoms with van der Waals surface area (Å²) in [5.41, 5.74) is 2.15. The van der Waals surface area contributed by atoms with Crippen LogP contribution in [0.2, 0.25) is 5.02 Å². The van der Waals surface area contributed by atoms with Crippen LogP contribution in [-0.4, -0.2) is 28.6 Å². The summed E-state index contributed by atoms with van der Waals surface area (Å²) in [6.45, 7) is 2.51. The first-order valence-electron chi connectivity index (χ1n) is 13.3. The summed E-state index contributed by atoms with van der Waals surface area (Å²) < 4.78 is 47.1. The topological polar surface area (TPSA) is 49.8 Å². The minimum absolute atomic E-state index is 0.102. The number of halogens is 4. The third-order valence-corrected chi connectivity index (χ3v) is 7.37. The molecule has 41 heavy (non-hydrogen) atoms. The molecule has 1 atom stereocenters. The van der Waals surface area contributed by atoms with E-state index in [1.807, 2.05) is 67.6 Å². The fourth-order valence-corrected chi connectivity index (χ4v) is 5.19. The van der Waals surface area contributed by atoms with Crippen molar-refractivity contribution >= 4 is 17.6 Å². The molecule has 0 aliphatic carbocycles. The summed E-state index contributed by atoms with van der Waals surface area (Å²) in [6.07, 6.45) is -4.12. The lowest BCUT2D eigenvalue weighted by Crippen LogP contribution is -2.38. The minimum atomic E-state index is -4.56. The second kappa shape index (κ2) is 13.7. The van der Waals surface area contributed by atoms with Crippen LogP contribution in [0.5, 0.6) is 5.75 Å². The average molecular weight is 582 g/mol. The summed E-state index contributed by atoms with van der Waals surface area (Å²) in [6, 6.07) is 30.2. The third-order valence-electron chi connectivity index (χ3n) is 6.92. The van der Waals surface area contributed by atoms with E-state index in [0.717, 1.165) is 17.2 Å². The fraction of sp³-hybridized carbons (Fsp3) is 0.242. The number of hydrogen-bond acceptors (Lipinski definition) is 3. The van der Waals surface area contributed by atoms with Gasteiger partial charge in [0.1, 0.15) is 5.75 Å². The molecule has 0 heterocycles. The number of rotatable bonds is 12. The molecule has 0 radical (unpaired) electrons. The van der Waals surface area contributed by atoms with Crippen LogP contribution in [0.3, 0.4) is 0 Å². The van der Waals surface area contributed by atoms with Crippen molar-refractivity contribution in [1.82, 2.24) is 4.90 Å². The molecule has 0 aliphatic rings. The number of hydrogen-bond donors (Lipinski definition) is 1. The van der Waals surface area contributed by atoms with Gasteiger partial charge in [-0.2, -0.15) is 13.2 Å². The molecule has 0 aromatic heterocycles. The van der Waals surface area contributed by atoms with Crippen molar-refractivity contribution in [3.05, 3.63) is 136 Å². The second-order valence-electron chi connectivity index (χ2n) is 9.88. The summed E-state index contributed by atoms with van der Waals surface area (Å²) in [5.74, 6) is -0.362. The van der Waals surface area contributed by atoms with Crippen LogP contribution in [-0.2, 0) is 23.9 Å². The Kier molecular flexibility index (Phi) is 10.1. The first kappa shape index (κ1) is 30.2. The Bertz CT molecular complexity index is 1390. The normalized spacial score (nSPS) is 12.5. The van der Waals surface area contributed by atoms with Gasteiger partial charge in [-0.25, -0.2) is 0 Å². The van der Waals surface area contributed by atoms with E-state index in [4.69, 9.17) is 21.4 Å². The van der Waals surface area contributed by atoms with Crippen LogP contribution in [0.1, 0.15) is 47.2 Å². The fourth-order valence-electron chi connectivity index (χ4n) is 4.90. The quantitative estimate of drug-likeness (QED) is 0.182. The zero-order valence-corrected chi connectivity index (χ0v) is 23.3. The predicted octanol–water partition coefficient (Wildman–Crippen LogP) is 8.44. The SMILES string of the molecule is C[C@H](CCOc1cccc(CC(=O)O)c1)N(Cc1cccc(C(F)(F)F)c1Cl)C(c1ccccc1)c1ccccc1. The van der Waals surface area contributed by atoms with E-state index in [-0.39, 0.29) is 30.1 Å². The van der Waals surface area contributed by atoms with Crippen molar-refractivity contribution in [2.45, 2.75) is 44.6 Å². The van der Waals surface area contributed by atoms with Crippen molar-refractivity contribution in [1.29, 1.82) is 0 Å². The molecule has 4 rings (SSSR count). The monoisotopic (exact) mass is 581 g/mol. The number of carboxylic acids is 1. The molecule has 0 amide bonds. The van der Waals surface area contributed by atoms with E-state index in [0.29, 0.717) is 29.9 Å². The van der Waals surface area contributed by atoms with Crippen LogP contribution in [0.25, 0.3) is 0 Å². The Morgan fingerprint density at radius 1 is 0.902 bits per heavy atom. The van der Waals surface area contributed by atoms with E-state index in [9.17, 15) is 18.0 Å². The molecular formula is C33H31ClF3NO3. The van der Waals surface area contributed by atoms with Crippen LogP contribution >= 0.6 is 11.6 Å². The lowest BCUT2D eigenvalue weighted by atomic mass is 9.94. The summed E-state index contributed by atoms with van der Waals surface area (Å²) in [7, 11) is 0. The Balaban J connectivity index is 1.65. The van der Waals surface area contributed by atoms with Crippen molar-refractivity contribution in [2.24, 2.45) is 0 Å². The van der Waals surface area contributed by atoms with Gasteiger partial charge in [0.15, 0.2) is 0 Å². The lowest BCUT2D eigenvalue weighted by molar-refractivity contribution is -0.138. The molecule has 0 fully saturated rings. The van der Waals surface area contributed by atoms with Gasteiger partial charge in [0, 0.05) is 12.6 Å². The summed E-state index contributed by atoms with van der Waals surface area (Å²) in [5, 5.41) is 8.79. The van der Waals surface area contributed by atoms with Gasteiger partial charge in [-0.05, 0) is 53.8 Å². The first-order chi connectivity index (χ1) is 19.6. The van der Waals surface area contributed by atoms with E-state index < -0.39 is 17.7 Å². The molecule has 0 bridgehead atoms. The maximum absolute atomic E-state index is 13.7. The molecule has 0 saturated heterocycles. The van der Waals surface area contributed by atoms with Gasteiger partial charge < -0.3 is 9.84 Å². The van der Waals surface area contributed by atoms with Crippen LogP contribution in [0, 0.1) is 0 Å². The van der Waals surface area contributed by atoms with Crippen LogP contribution in [0.4, 0.5) is 13.2 Å². The van der Waals surface area contributed by atoms with Gasteiger partial charge in [-0.1, -0.05) is 96.5 Å². The maximum Gasteiger partial charge on any atom is 0.417 e. The van der Waals surface area contributed by atoms with Gasteiger partial charge in [-0.3, -0.25) is 9.69 Å². The van der Waals surface area contributed by atoms with E-state index in [2.05, 4.69) is 4.90 Å². The predicted molar refractivity (Wildman–Crippen MR) is 154 cm³/mol. The van der Waals surface area contributed by atoms with E-state index in [1.54, 1.807) is 30.3 Å². The van der Waals surface area contributed by atoms with Gasteiger partial charge in [-0.15, -0.1) is 0 Å². The molecule has 214 valence electrons. The Labute approximate surface area is 243 Å². The molecule has 4 aromatic rings. The summed E-state index contributed by atoms with van der Waals surface area (Å²) >= 11 is 6.36. The zero-order valence-electron chi connectivity index (χ0n) is 22.5. The van der Waals surface area contributed by atoms with Gasteiger partial charge >= 0.3 is 12.1 Å². The van der Waals surface area contributed by atoms with Gasteiger partial charge in [0.2, 0.25) is 0 Å².